The molecule has 158 valence electrons. The molecule has 0 saturated carbocycles. The lowest BCUT2D eigenvalue weighted by atomic mass is 10.2. The van der Waals surface area contributed by atoms with Crippen molar-refractivity contribution in [1.29, 1.82) is 0 Å². The van der Waals surface area contributed by atoms with Crippen molar-refractivity contribution in [3.05, 3.63) is 83.9 Å². The van der Waals surface area contributed by atoms with Crippen LogP contribution in [-0.2, 0) is 0 Å². The summed E-state index contributed by atoms with van der Waals surface area (Å²) in [7, 11) is 0. The highest BCUT2D eigenvalue weighted by Gasteiger charge is 2.08. The molecule has 0 aromatic heterocycles. The second-order valence-electron chi connectivity index (χ2n) is 6.53. The molecule has 3 rings (SSSR count). The molecule has 0 aliphatic heterocycles. The van der Waals surface area contributed by atoms with E-state index >= 15 is 0 Å². The minimum atomic E-state index is -0.507. The lowest BCUT2D eigenvalue weighted by Crippen LogP contribution is -2.28. The van der Waals surface area contributed by atoms with E-state index in [0.717, 1.165) is 0 Å². The molecular formula is C23H22N4O4. The average Bonchev–Trinajstić information content (AvgIpc) is 2.75. The van der Waals surface area contributed by atoms with E-state index in [4.69, 9.17) is 10.5 Å². The van der Waals surface area contributed by atoms with Crippen LogP contribution in [-0.4, -0.2) is 24.4 Å². The molecule has 8 nitrogen and oxygen atoms in total. The summed E-state index contributed by atoms with van der Waals surface area (Å²) >= 11 is 0. The molecule has 0 fully saturated rings. The van der Waals surface area contributed by atoms with E-state index in [0.29, 0.717) is 40.5 Å². The van der Waals surface area contributed by atoms with Crippen LogP contribution in [0.15, 0.2) is 72.8 Å². The Morgan fingerprint density at radius 2 is 1.35 bits per heavy atom. The highest BCUT2D eigenvalue weighted by Crippen LogP contribution is 2.23. The maximum Gasteiger partial charge on any atom is 0.319 e. The number of nitrogens with one attached hydrogen (secondary N) is 3. The van der Waals surface area contributed by atoms with Crippen molar-refractivity contribution < 1.29 is 19.1 Å². The quantitative estimate of drug-likeness (QED) is 0.464. The smallest absolute Gasteiger partial charge is 0.319 e. The number of nitrogens with two attached hydrogens (primary N) is 1. The Balaban J connectivity index is 1.61. The molecular weight excluding hydrogens is 396 g/mol. The summed E-state index contributed by atoms with van der Waals surface area (Å²) in [5, 5.41) is 8.13. The van der Waals surface area contributed by atoms with E-state index in [1.54, 1.807) is 72.8 Å². The van der Waals surface area contributed by atoms with Gasteiger partial charge in [-0.3, -0.25) is 9.59 Å². The number of ether oxygens (including phenoxy) is 1. The third kappa shape index (κ3) is 6.07. The maximum absolute atomic E-state index is 12.5. The third-order valence-corrected chi connectivity index (χ3v) is 4.21. The van der Waals surface area contributed by atoms with E-state index in [1.165, 1.54) is 0 Å². The van der Waals surface area contributed by atoms with Gasteiger partial charge < -0.3 is 26.4 Å². The van der Waals surface area contributed by atoms with Crippen molar-refractivity contribution in [2.24, 2.45) is 5.73 Å². The van der Waals surface area contributed by atoms with Crippen molar-refractivity contribution in [3.8, 4) is 11.5 Å². The van der Waals surface area contributed by atoms with E-state index in [2.05, 4.69) is 16.0 Å². The highest BCUT2D eigenvalue weighted by molar-refractivity contribution is 6.04. The minimum Gasteiger partial charge on any atom is -0.457 e. The zero-order chi connectivity index (χ0) is 22.2. The van der Waals surface area contributed by atoms with Gasteiger partial charge >= 0.3 is 6.03 Å². The molecule has 0 saturated heterocycles. The number of hydrogen-bond donors (Lipinski definition) is 4. The number of benzene rings is 3. The number of carbonyl (C=O) groups excluding carboxylic acids is 3. The first-order chi connectivity index (χ1) is 14.9. The summed E-state index contributed by atoms with van der Waals surface area (Å²) in [5.74, 6) is 0.273. The zero-order valence-electron chi connectivity index (χ0n) is 16.8. The fourth-order valence-corrected chi connectivity index (χ4v) is 2.71. The van der Waals surface area contributed by atoms with Gasteiger partial charge in [0.2, 0.25) is 5.91 Å². The van der Waals surface area contributed by atoms with Gasteiger partial charge in [-0.1, -0.05) is 6.07 Å². The van der Waals surface area contributed by atoms with Gasteiger partial charge in [0.05, 0.1) is 0 Å². The summed E-state index contributed by atoms with van der Waals surface area (Å²) < 4.78 is 5.71. The van der Waals surface area contributed by atoms with Gasteiger partial charge in [0.25, 0.3) is 5.91 Å². The summed E-state index contributed by atoms with van der Waals surface area (Å²) in [5.41, 5.74) is 7.17. The Morgan fingerprint density at radius 1 is 0.806 bits per heavy atom. The Labute approximate surface area is 179 Å². The fraction of sp³-hybridized carbons (Fsp3) is 0.0870. The summed E-state index contributed by atoms with van der Waals surface area (Å²) in [6, 6.07) is 19.6. The number of amides is 4. The van der Waals surface area contributed by atoms with Gasteiger partial charge in [0, 0.05) is 29.0 Å². The maximum atomic E-state index is 12.5. The van der Waals surface area contributed by atoms with Gasteiger partial charge in [-0.15, -0.1) is 0 Å². The van der Waals surface area contributed by atoms with Crippen LogP contribution in [0.3, 0.4) is 0 Å². The molecule has 4 amide bonds. The van der Waals surface area contributed by atoms with E-state index in [-0.39, 0.29) is 11.9 Å². The normalized spacial score (nSPS) is 10.1. The van der Waals surface area contributed by atoms with E-state index in [1.807, 2.05) is 6.92 Å². The standard InChI is InChI=1S/C23H22N4O4/c1-2-25-23(30)27-18-5-3-4-17(14-18)26-22(29)16-8-12-20(13-9-16)31-19-10-6-15(7-11-19)21(24)28/h3-14H,2H2,1H3,(H2,24,28)(H,26,29)(H2,25,27,30). The number of primary amides is 1. The lowest BCUT2D eigenvalue weighted by molar-refractivity contribution is 0.0997. The molecule has 3 aromatic carbocycles. The van der Waals surface area contributed by atoms with Crippen molar-refractivity contribution in [3.63, 3.8) is 0 Å². The fourth-order valence-electron chi connectivity index (χ4n) is 2.71. The number of rotatable bonds is 7. The second-order valence-corrected chi connectivity index (χ2v) is 6.53. The molecule has 8 heteroatoms. The average molecular weight is 418 g/mol. The van der Waals surface area contributed by atoms with Crippen molar-refractivity contribution in [1.82, 2.24) is 5.32 Å². The lowest BCUT2D eigenvalue weighted by Gasteiger charge is -2.10. The molecule has 0 spiro atoms. The van der Waals surface area contributed by atoms with Crippen LogP contribution >= 0.6 is 0 Å². The molecule has 0 atom stereocenters. The van der Waals surface area contributed by atoms with E-state index in [9.17, 15) is 14.4 Å². The molecule has 31 heavy (non-hydrogen) atoms. The van der Waals surface area contributed by atoms with Gasteiger partial charge in [0.1, 0.15) is 11.5 Å². The van der Waals surface area contributed by atoms with Crippen LogP contribution in [0.25, 0.3) is 0 Å². The van der Waals surface area contributed by atoms with Crippen LogP contribution in [0.5, 0.6) is 11.5 Å². The Kier molecular flexibility index (Phi) is 6.85. The van der Waals surface area contributed by atoms with Crippen LogP contribution < -0.4 is 26.4 Å². The van der Waals surface area contributed by atoms with Crippen LogP contribution in [0.4, 0.5) is 16.2 Å². The van der Waals surface area contributed by atoms with Crippen molar-refractivity contribution >= 4 is 29.2 Å². The van der Waals surface area contributed by atoms with Gasteiger partial charge in [-0.05, 0) is 73.7 Å². The molecule has 3 aromatic rings. The molecule has 0 aliphatic rings. The summed E-state index contributed by atoms with van der Waals surface area (Å²) in [6.45, 7) is 2.34. The van der Waals surface area contributed by atoms with Gasteiger partial charge in [-0.25, -0.2) is 4.79 Å². The number of hydrogen-bond acceptors (Lipinski definition) is 4. The first kappa shape index (κ1) is 21.4. The first-order valence-corrected chi connectivity index (χ1v) is 9.58. The molecule has 0 heterocycles. The highest BCUT2D eigenvalue weighted by atomic mass is 16.5. The summed E-state index contributed by atoms with van der Waals surface area (Å²) in [6.07, 6.45) is 0. The van der Waals surface area contributed by atoms with Crippen LogP contribution in [0.1, 0.15) is 27.6 Å². The Bertz CT molecular complexity index is 1080. The zero-order valence-corrected chi connectivity index (χ0v) is 16.8. The number of anilines is 2. The second kappa shape index (κ2) is 9.93. The van der Waals surface area contributed by atoms with Crippen LogP contribution in [0, 0.1) is 0 Å². The predicted octanol–water partition coefficient (Wildman–Crippen LogP) is 3.97. The molecule has 0 unspecified atom stereocenters. The minimum absolute atomic E-state index is 0.299. The Morgan fingerprint density at radius 3 is 1.90 bits per heavy atom. The first-order valence-electron chi connectivity index (χ1n) is 9.58. The number of carbonyl (C=O) groups is 3. The summed E-state index contributed by atoms with van der Waals surface area (Å²) in [4.78, 5) is 35.3. The molecule has 0 aliphatic carbocycles. The predicted molar refractivity (Wildman–Crippen MR) is 119 cm³/mol. The van der Waals surface area contributed by atoms with E-state index < -0.39 is 5.91 Å². The number of urea groups is 1. The third-order valence-electron chi connectivity index (χ3n) is 4.21. The van der Waals surface area contributed by atoms with Crippen LogP contribution in [0.2, 0.25) is 0 Å². The van der Waals surface area contributed by atoms with Crippen molar-refractivity contribution in [2.45, 2.75) is 6.92 Å². The SMILES string of the molecule is CCNC(=O)Nc1cccc(NC(=O)c2ccc(Oc3ccc(C(N)=O)cc3)cc2)c1. The molecule has 0 radical (unpaired) electrons. The van der Waals surface area contributed by atoms with Crippen molar-refractivity contribution in [2.75, 3.05) is 17.2 Å². The monoisotopic (exact) mass is 418 g/mol. The molecule has 5 N–H and O–H groups in total. The Hall–Kier alpha value is -4.33. The topological polar surface area (TPSA) is 123 Å². The largest absolute Gasteiger partial charge is 0.457 e. The molecule has 0 bridgehead atoms. The van der Waals surface area contributed by atoms with Gasteiger partial charge in [0.15, 0.2) is 0 Å². The van der Waals surface area contributed by atoms with Gasteiger partial charge in [-0.2, -0.15) is 0 Å².